The Morgan fingerprint density at radius 3 is 1.33 bits per heavy atom. The number of piperidine rings is 6. The Bertz CT molecular complexity index is 2740. The molecule has 6 fully saturated rings. The van der Waals surface area contributed by atoms with E-state index in [-0.39, 0.29) is 24.3 Å². The molecule has 16 nitrogen and oxygen atoms in total. The lowest BCUT2D eigenvalue weighted by molar-refractivity contribution is -0.0438. The van der Waals surface area contributed by atoms with Crippen molar-refractivity contribution >= 4 is 73.7 Å². The first kappa shape index (κ1) is 57.1. The number of nitrogens with zero attached hydrogens (tertiary/aromatic N) is 6. The monoisotopic (exact) mass is 1140 g/mol. The molecular formula is C58H78N6O10S2Si2. The van der Waals surface area contributed by atoms with Gasteiger partial charge in [0.05, 0.1) is 48.1 Å². The van der Waals surface area contributed by atoms with E-state index < -0.39 is 17.6 Å². The van der Waals surface area contributed by atoms with E-state index in [2.05, 4.69) is 46.2 Å². The minimum Gasteiger partial charge on any atom is -0.497 e. The summed E-state index contributed by atoms with van der Waals surface area (Å²) in [6.45, 7) is 4.05. The number of rotatable bonds is 28. The summed E-state index contributed by atoms with van der Waals surface area (Å²) in [4.78, 5) is 15.0. The lowest BCUT2D eigenvalue weighted by Gasteiger charge is -2.52. The van der Waals surface area contributed by atoms with Gasteiger partial charge in [0.15, 0.2) is 0 Å². The Balaban J connectivity index is 0.930. The van der Waals surface area contributed by atoms with E-state index in [4.69, 9.17) is 65.7 Å². The molecule has 10 atom stereocenters. The van der Waals surface area contributed by atoms with E-state index in [1.54, 1.807) is 56.9 Å². The van der Waals surface area contributed by atoms with Crippen molar-refractivity contribution in [2.45, 2.75) is 74.9 Å². The molecule has 0 aliphatic carbocycles. The van der Waals surface area contributed by atoms with Crippen molar-refractivity contribution in [3.8, 4) is 23.3 Å². The summed E-state index contributed by atoms with van der Waals surface area (Å²) in [6, 6.07) is 26.5. The van der Waals surface area contributed by atoms with E-state index in [1.165, 1.54) is 12.8 Å². The van der Waals surface area contributed by atoms with Crippen molar-refractivity contribution in [1.29, 1.82) is 0 Å². The fraction of sp³-hybridized carbons (Fsp3) is 0.552. The first-order valence-corrected chi connectivity index (χ1v) is 33.7. The van der Waals surface area contributed by atoms with Crippen molar-refractivity contribution in [2.24, 2.45) is 23.7 Å². The van der Waals surface area contributed by atoms with E-state index in [9.17, 15) is 0 Å². The fourth-order valence-corrected chi connectivity index (χ4v) is 19.3. The van der Waals surface area contributed by atoms with E-state index in [0.717, 1.165) is 142 Å². The van der Waals surface area contributed by atoms with Crippen LogP contribution in [0, 0.1) is 23.7 Å². The van der Waals surface area contributed by atoms with Gasteiger partial charge >= 0.3 is 17.6 Å². The number of aromatic nitrogens is 4. The standard InChI is InChI=1S/C58H78N6O10S2Si2/c1-65-43-15-17-51-49(33-43)45(19-23-59-51)55(53-31-39-21-25-63(53)35-41(39)37-75-27-11-29-77(67-3,68-4)69-5)73-57-47-13-9-10-14-48(47)58(62-61-57)74-56(46-20-24-60-52-18-16-44(66-2)34-50(46)52)54-32-40-22-26-64(54)36-42(40)38-76-28-12-30-78(70-6,71-7)72-8/h9-10,13-20,23-24,33-34,39-42,53-56H,11-12,21-22,25-32,35-38H2,1-8H3/t39-,40-,41+,42+,53-,54-,55+,56+/m0/s1. The molecule has 78 heavy (non-hydrogen) atoms. The minimum atomic E-state index is -2.59. The Morgan fingerprint density at radius 1 is 0.538 bits per heavy atom. The smallest absolute Gasteiger partial charge is 0.497 e. The van der Waals surface area contributed by atoms with E-state index >= 15 is 0 Å². The second kappa shape index (κ2) is 26.2. The zero-order valence-electron chi connectivity index (χ0n) is 46.6. The van der Waals surface area contributed by atoms with Crippen LogP contribution < -0.4 is 18.9 Å². The third kappa shape index (κ3) is 12.2. The molecule has 0 radical (unpaired) electrons. The van der Waals surface area contributed by atoms with Gasteiger partial charge in [-0.1, -0.05) is 12.1 Å². The molecular weight excluding hydrogens is 1060 g/mol. The third-order valence-corrected chi connectivity index (χ3v) is 25.5. The highest BCUT2D eigenvalue weighted by Crippen LogP contribution is 2.48. The first-order valence-electron chi connectivity index (χ1n) is 27.6. The quantitative estimate of drug-likeness (QED) is 0.0338. The summed E-state index contributed by atoms with van der Waals surface area (Å²) in [6.07, 6.45) is 9.38. The lowest BCUT2D eigenvalue weighted by Crippen LogP contribution is -2.56. The molecule has 6 aliphatic heterocycles. The van der Waals surface area contributed by atoms with Gasteiger partial charge in [-0.05, 0) is 159 Å². The van der Waals surface area contributed by atoms with Crippen LogP contribution in [0.5, 0.6) is 23.3 Å². The van der Waals surface area contributed by atoms with Gasteiger partial charge in [0, 0.05) is 102 Å². The summed E-state index contributed by atoms with van der Waals surface area (Å²) in [7, 11) is 8.38. The van der Waals surface area contributed by atoms with Crippen molar-refractivity contribution < 1.29 is 45.5 Å². The van der Waals surface area contributed by atoms with Crippen LogP contribution >= 0.6 is 23.5 Å². The molecule has 6 saturated heterocycles. The molecule has 20 heteroatoms. The average Bonchev–Trinajstić information content (AvgIpc) is 3.57. The maximum Gasteiger partial charge on any atom is 0.500 e. The van der Waals surface area contributed by atoms with Gasteiger partial charge in [0.2, 0.25) is 11.8 Å². The van der Waals surface area contributed by atoms with Crippen LogP contribution in [-0.2, 0) is 26.6 Å². The summed E-state index contributed by atoms with van der Waals surface area (Å²) in [5.41, 5.74) is 3.89. The highest BCUT2D eigenvalue weighted by atomic mass is 32.2. The van der Waals surface area contributed by atoms with Gasteiger partial charge in [-0.25, -0.2) is 0 Å². The molecule has 6 aromatic rings. The topological polar surface area (TPSA) is 150 Å². The molecule has 6 aliphatic rings. The summed E-state index contributed by atoms with van der Waals surface area (Å²) in [5, 5.41) is 13.7. The largest absolute Gasteiger partial charge is 0.500 e. The van der Waals surface area contributed by atoms with Crippen molar-refractivity contribution in [3.05, 3.63) is 96.3 Å². The maximum absolute atomic E-state index is 7.45. The summed E-state index contributed by atoms with van der Waals surface area (Å²) < 4.78 is 60.7. The second-order valence-electron chi connectivity index (χ2n) is 21.2. The number of ether oxygens (including phenoxy) is 4. The van der Waals surface area contributed by atoms with Crippen LogP contribution in [-0.4, -0.2) is 166 Å². The number of hydrogen-bond donors (Lipinski definition) is 0. The third-order valence-electron chi connectivity index (χ3n) is 17.3. The SMILES string of the molecule is COc1ccc2nccc([C@@H](Oc3nnc(O[C@H](c4ccnc5ccc(OC)cc45)[C@@H]4C[C@@H]5CCN4C[C@@H]5CSCCC[Si](OC)(OC)OC)c4ccccc34)[C@@H]3C[C@@H]4CCN3C[C@@H]4CSCCC[Si](OC)(OC)OC)c2c1. The van der Waals surface area contributed by atoms with Crippen LogP contribution in [0.2, 0.25) is 12.1 Å². The predicted octanol–water partition coefficient (Wildman–Crippen LogP) is 10.4. The average molecular weight is 1140 g/mol. The van der Waals surface area contributed by atoms with Crippen LogP contribution in [0.1, 0.15) is 61.9 Å². The Kier molecular flexibility index (Phi) is 19.2. The van der Waals surface area contributed by atoms with Crippen LogP contribution in [0.15, 0.2) is 85.2 Å². The highest BCUT2D eigenvalue weighted by molar-refractivity contribution is 7.99. The van der Waals surface area contributed by atoms with Gasteiger partial charge in [-0.15, -0.1) is 10.2 Å². The number of thioether (sulfide) groups is 2. The molecule has 0 N–H and O–H groups in total. The minimum absolute atomic E-state index is 0.0949. The molecule has 420 valence electrons. The molecule has 2 unspecified atom stereocenters. The second-order valence-corrected chi connectivity index (χ2v) is 29.6. The molecule has 9 heterocycles. The molecule has 0 amide bonds. The predicted molar refractivity (Wildman–Crippen MR) is 313 cm³/mol. The van der Waals surface area contributed by atoms with Crippen molar-refractivity contribution in [3.63, 3.8) is 0 Å². The molecule has 3 aromatic carbocycles. The number of pyridine rings is 2. The van der Waals surface area contributed by atoms with Gasteiger partial charge in [0.25, 0.3) is 0 Å². The molecule has 12 rings (SSSR count). The lowest BCUT2D eigenvalue weighted by atomic mass is 9.74. The normalized spacial score (nSPS) is 23.9. The number of benzene rings is 3. The van der Waals surface area contributed by atoms with Gasteiger partial charge in [-0.3, -0.25) is 19.8 Å². The molecule has 0 spiro atoms. The number of methoxy groups -OCH3 is 2. The van der Waals surface area contributed by atoms with Crippen molar-refractivity contribution in [1.82, 2.24) is 30.0 Å². The number of hydrogen-bond acceptors (Lipinski definition) is 18. The van der Waals surface area contributed by atoms with Crippen LogP contribution in [0.25, 0.3) is 32.6 Å². The fourth-order valence-electron chi connectivity index (χ4n) is 12.9. The molecule has 4 bridgehead atoms. The van der Waals surface area contributed by atoms with Crippen LogP contribution in [0.3, 0.4) is 0 Å². The maximum atomic E-state index is 7.45. The first-order chi connectivity index (χ1) is 38.2. The summed E-state index contributed by atoms with van der Waals surface area (Å²) in [5.74, 6) is 9.09. The van der Waals surface area contributed by atoms with E-state index in [1.807, 2.05) is 72.3 Å². The summed E-state index contributed by atoms with van der Waals surface area (Å²) >= 11 is 4.07. The zero-order valence-corrected chi connectivity index (χ0v) is 50.2. The van der Waals surface area contributed by atoms with Gasteiger partial charge in [-0.2, -0.15) is 23.5 Å². The highest BCUT2D eigenvalue weighted by Gasteiger charge is 2.47. The Hall–Kier alpha value is -4.17. The van der Waals surface area contributed by atoms with Gasteiger partial charge in [0.1, 0.15) is 23.7 Å². The Morgan fingerprint density at radius 2 is 0.962 bits per heavy atom. The molecule has 0 saturated carbocycles. The van der Waals surface area contributed by atoms with Crippen molar-refractivity contribution in [2.75, 3.05) is 106 Å². The van der Waals surface area contributed by atoms with Gasteiger partial charge < -0.3 is 45.5 Å². The Labute approximate surface area is 470 Å². The zero-order chi connectivity index (χ0) is 54.2. The van der Waals surface area contributed by atoms with Crippen LogP contribution in [0.4, 0.5) is 0 Å². The number of fused-ring (bicyclic) bond motifs is 9. The van der Waals surface area contributed by atoms with E-state index in [0.29, 0.717) is 35.4 Å². The molecule has 3 aromatic heterocycles.